The number of nitrogens with zero attached hydrogens (tertiary/aromatic N) is 1. The van der Waals surface area contributed by atoms with Crippen LogP contribution in [-0.4, -0.2) is 29.9 Å². The Hall–Kier alpha value is -1.72. The molecule has 1 saturated carbocycles. The Labute approximate surface area is 150 Å². The van der Waals surface area contributed by atoms with Gasteiger partial charge in [0.1, 0.15) is 16.5 Å². The normalized spacial score (nSPS) is 19.2. The molecule has 1 fully saturated rings. The van der Waals surface area contributed by atoms with Gasteiger partial charge < -0.3 is 10.1 Å². The van der Waals surface area contributed by atoms with Gasteiger partial charge in [-0.15, -0.1) is 0 Å². The van der Waals surface area contributed by atoms with Crippen LogP contribution in [0.25, 0.3) is 0 Å². The molecule has 0 radical (unpaired) electrons. The third-order valence-corrected chi connectivity index (χ3v) is 5.01. The summed E-state index contributed by atoms with van der Waals surface area (Å²) in [4.78, 5) is 26.5. The third-order valence-electron chi connectivity index (χ3n) is 4.42. The smallest absolute Gasteiger partial charge is 0.279 e. The summed E-state index contributed by atoms with van der Waals surface area (Å²) in [6, 6.07) is 4.91. The molecule has 128 valence electrons. The van der Waals surface area contributed by atoms with E-state index in [0.29, 0.717) is 16.5 Å². The first-order valence-electron chi connectivity index (χ1n) is 7.91. The molecule has 0 atom stereocenters. The van der Waals surface area contributed by atoms with Crippen LogP contribution in [0, 0.1) is 0 Å². The van der Waals surface area contributed by atoms with Crippen LogP contribution in [0.1, 0.15) is 32.1 Å². The van der Waals surface area contributed by atoms with Gasteiger partial charge in [-0.1, -0.05) is 42.5 Å². The van der Waals surface area contributed by atoms with Crippen LogP contribution < -0.4 is 10.1 Å². The Morgan fingerprint density at radius 1 is 1.12 bits per heavy atom. The highest BCUT2D eigenvalue weighted by atomic mass is 35.5. The van der Waals surface area contributed by atoms with Gasteiger partial charge in [-0.2, -0.15) is 0 Å². The highest BCUT2D eigenvalue weighted by Gasteiger charge is 2.42. The van der Waals surface area contributed by atoms with Gasteiger partial charge in [0.15, 0.2) is 0 Å². The molecule has 0 bridgehead atoms. The fourth-order valence-electron chi connectivity index (χ4n) is 3.21. The van der Waals surface area contributed by atoms with Crippen LogP contribution >= 0.6 is 23.2 Å². The van der Waals surface area contributed by atoms with Crippen molar-refractivity contribution in [3.63, 3.8) is 0 Å². The SMILES string of the molecule is COc1ccc(Cl)cc1NC1=C(Cl)C(=O)N(C2CCCCC2)C1=O. The van der Waals surface area contributed by atoms with Crippen molar-refractivity contribution < 1.29 is 14.3 Å². The molecule has 1 aromatic carbocycles. The first kappa shape index (κ1) is 17.1. The van der Waals surface area contributed by atoms with Crippen LogP contribution in [0.4, 0.5) is 5.69 Å². The number of carbonyl (C=O) groups excluding carboxylic acids is 2. The van der Waals surface area contributed by atoms with Crippen LogP contribution in [-0.2, 0) is 9.59 Å². The lowest BCUT2D eigenvalue weighted by atomic mass is 9.94. The number of methoxy groups -OCH3 is 1. The molecule has 1 aliphatic carbocycles. The second-order valence-corrected chi connectivity index (χ2v) is 6.75. The molecule has 2 aliphatic rings. The maximum Gasteiger partial charge on any atom is 0.279 e. The van der Waals surface area contributed by atoms with E-state index in [-0.39, 0.29) is 22.7 Å². The van der Waals surface area contributed by atoms with Crippen LogP contribution in [0.2, 0.25) is 5.02 Å². The summed E-state index contributed by atoms with van der Waals surface area (Å²) in [6.45, 7) is 0. The fraction of sp³-hybridized carbons (Fsp3) is 0.412. The molecule has 0 spiro atoms. The topological polar surface area (TPSA) is 58.6 Å². The third kappa shape index (κ3) is 3.10. The van der Waals surface area contributed by atoms with Crippen molar-refractivity contribution in [2.24, 2.45) is 0 Å². The molecule has 24 heavy (non-hydrogen) atoms. The van der Waals surface area contributed by atoms with E-state index in [2.05, 4.69) is 5.32 Å². The molecule has 3 rings (SSSR count). The minimum absolute atomic E-state index is 0.0759. The van der Waals surface area contributed by atoms with Gasteiger partial charge in [0.2, 0.25) is 0 Å². The Bertz CT molecular complexity index is 712. The lowest BCUT2D eigenvalue weighted by Crippen LogP contribution is -2.42. The lowest BCUT2D eigenvalue weighted by Gasteiger charge is -2.29. The van der Waals surface area contributed by atoms with Crippen molar-refractivity contribution in [3.05, 3.63) is 34.0 Å². The first-order chi connectivity index (χ1) is 11.5. The summed E-state index contributed by atoms with van der Waals surface area (Å²) in [5, 5.41) is 3.32. The number of carbonyl (C=O) groups is 2. The summed E-state index contributed by atoms with van der Waals surface area (Å²) in [5.74, 6) is -0.316. The number of halogens is 2. The number of hydrogen-bond donors (Lipinski definition) is 1. The molecule has 0 saturated heterocycles. The lowest BCUT2D eigenvalue weighted by molar-refractivity contribution is -0.140. The highest BCUT2D eigenvalue weighted by molar-refractivity contribution is 6.48. The minimum Gasteiger partial charge on any atom is -0.495 e. The largest absolute Gasteiger partial charge is 0.495 e. The molecule has 1 aromatic rings. The Balaban J connectivity index is 1.87. The maximum absolute atomic E-state index is 12.7. The fourth-order valence-corrected chi connectivity index (χ4v) is 3.60. The van der Waals surface area contributed by atoms with Crippen LogP contribution in [0.15, 0.2) is 28.9 Å². The minimum atomic E-state index is -0.433. The Kier molecular flexibility index (Phi) is 5.01. The summed E-state index contributed by atoms with van der Waals surface area (Å²) >= 11 is 12.2. The number of hydrogen-bond acceptors (Lipinski definition) is 4. The number of rotatable bonds is 4. The van der Waals surface area contributed by atoms with E-state index in [1.54, 1.807) is 18.2 Å². The number of benzene rings is 1. The van der Waals surface area contributed by atoms with Crippen molar-refractivity contribution in [2.75, 3.05) is 12.4 Å². The van der Waals surface area contributed by atoms with E-state index in [0.717, 1.165) is 32.1 Å². The molecular weight excluding hydrogens is 351 g/mol. The van der Waals surface area contributed by atoms with Crippen molar-refractivity contribution in [3.8, 4) is 5.75 Å². The molecule has 1 heterocycles. The molecule has 0 aromatic heterocycles. The average molecular weight is 369 g/mol. The van der Waals surface area contributed by atoms with E-state index >= 15 is 0 Å². The first-order valence-corrected chi connectivity index (χ1v) is 8.66. The van der Waals surface area contributed by atoms with E-state index in [9.17, 15) is 9.59 Å². The van der Waals surface area contributed by atoms with Crippen molar-refractivity contribution in [2.45, 2.75) is 38.1 Å². The Morgan fingerprint density at radius 3 is 2.50 bits per heavy atom. The zero-order chi connectivity index (χ0) is 17.3. The molecule has 1 N–H and O–H groups in total. The second-order valence-electron chi connectivity index (χ2n) is 5.93. The summed E-state index contributed by atoms with van der Waals surface area (Å²) in [7, 11) is 1.51. The van der Waals surface area contributed by atoms with Crippen molar-refractivity contribution in [1.82, 2.24) is 4.90 Å². The molecule has 5 nitrogen and oxygen atoms in total. The standard InChI is InChI=1S/C17H18Cl2N2O3/c1-24-13-8-7-10(18)9-12(13)20-15-14(19)16(22)21(17(15)23)11-5-3-2-4-6-11/h7-9,11,20H,2-6H2,1H3. The summed E-state index contributed by atoms with van der Waals surface area (Å²) in [6.07, 6.45) is 4.83. The molecule has 7 heteroatoms. The molecule has 1 aliphatic heterocycles. The molecular formula is C17H18Cl2N2O3. The monoisotopic (exact) mass is 368 g/mol. The Morgan fingerprint density at radius 2 is 1.83 bits per heavy atom. The summed E-state index contributed by atoms with van der Waals surface area (Å²) < 4.78 is 5.25. The predicted octanol–water partition coefficient (Wildman–Crippen LogP) is 3.91. The van der Waals surface area contributed by atoms with E-state index in [1.807, 2.05) is 0 Å². The van der Waals surface area contributed by atoms with Gasteiger partial charge in [0, 0.05) is 11.1 Å². The maximum atomic E-state index is 12.7. The van der Waals surface area contributed by atoms with Gasteiger partial charge in [0.25, 0.3) is 11.8 Å². The van der Waals surface area contributed by atoms with Gasteiger partial charge in [-0.25, -0.2) is 0 Å². The van der Waals surface area contributed by atoms with Crippen LogP contribution in [0.5, 0.6) is 5.75 Å². The quantitative estimate of drug-likeness (QED) is 0.818. The van der Waals surface area contributed by atoms with Gasteiger partial charge >= 0.3 is 0 Å². The number of nitrogens with one attached hydrogen (secondary N) is 1. The van der Waals surface area contributed by atoms with E-state index < -0.39 is 5.91 Å². The molecule has 2 amide bonds. The zero-order valence-electron chi connectivity index (χ0n) is 13.3. The molecule has 0 unspecified atom stereocenters. The van der Waals surface area contributed by atoms with Gasteiger partial charge in [0.05, 0.1) is 12.8 Å². The van der Waals surface area contributed by atoms with E-state index in [4.69, 9.17) is 27.9 Å². The highest BCUT2D eigenvalue weighted by Crippen LogP contribution is 2.35. The van der Waals surface area contributed by atoms with E-state index in [1.165, 1.54) is 12.0 Å². The number of ether oxygens (including phenoxy) is 1. The van der Waals surface area contributed by atoms with Crippen molar-refractivity contribution >= 4 is 40.7 Å². The van der Waals surface area contributed by atoms with Gasteiger partial charge in [-0.3, -0.25) is 14.5 Å². The number of imide groups is 1. The number of amides is 2. The average Bonchev–Trinajstić information content (AvgIpc) is 2.79. The van der Waals surface area contributed by atoms with Crippen LogP contribution in [0.3, 0.4) is 0 Å². The zero-order valence-corrected chi connectivity index (χ0v) is 14.8. The van der Waals surface area contributed by atoms with Gasteiger partial charge in [-0.05, 0) is 31.0 Å². The number of anilines is 1. The van der Waals surface area contributed by atoms with Crippen molar-refractivity contribution in [1.29, 1.82) is 0 Å². The summed E-state index contributed by atoms with van der Waals surface area (Å²) in [5.41, 5.74) is 0.567. The second kappa shape index (κ2) is 7.03. The predicted molar refractivity (Wildman–Crippen MR) is 93.2 cm³/mol.